The monoisotopic (exact) mass is 388 g/mol. The summed E-state index contributed by atoms with van der Waals surface area (Å²) in [4.78, 5) is 15.0. The van der Waals surface area contributed by atoms with E-state index in [1.54, 1.807) is 7.11 Å². The minimum atomic E-state index is -0.524. The molecule has 1 saturated carbocycles. The molecule has 156 valence electrons. The normalized spacial score (nSPS) is 21.4. The van der Waals surface area contributed by atoms with Crippen molar-refractivity contribution in [1.29, 1.82) is 0 Å². The summed E-state index contributed by atoms with van der Waals surface area (Å²) >= 11 is 0. The van der Waals surface area contributed by atoms with Gasteiger partial charge in [0.05, 0.1) is 12.7 Å². The molecule has 0 aromatic heterocycles. The van der Waals surface area contributed by atoms with Gasteiger partial charge in [-0.2, -0.15) is 0 Å². The van der Waals surface area contributed by atoms with Crippen molar-refractivity contribution in [3.05, 3.63) is 29.3 Å². The third-order valence-corrected chi connectivity index (χ3v) is 6.24. The number of fused-ring (bicyclic) bond motifs is 1. The molecule has 2 N–H and O–H groups in total. The summed E-state index contributed by atoms with van der Waals surface area (Å²) in [5.74, 6) is 0.588. The van der Waals surface area contributed by atoms with Crippen LogP contribution in [0.5, 0.6) is 0 Å². The number of carbonyl (C=O) groups excluding carboxylic acids is 1. The van der Waals surface area contributed by atoms with E-state index in [0.717, 1.165) is 56.6 Å². The van der Waals surface area contributed by atoms with Crippen LogP contribution >= 0.6 is 0 Å². The van der Waals surface area contributed by atoms with Crippen molar-refractivity contribution in [2.45, 2.75) is 63.9 Å². The van der Waals surface area contributed by atoms with Crippen LogP contribution in [0, 0.1) is 5.92 Å². The Labute approximate surface area is 169 Å². The fourth-order valence-electron chi connectivity index (χ4n) is 4.51. The molecule has 1 amide bonds. The second-order valence-corrected chi connectivity index (χ2v) is 8.33. The van der Waals surface area contributed by atoms with Gasteiger partial charge in [-0.3, -0.25) is 4.79 Å². The second-order valence-electron chi connectivity index (χ2n) is 8.33. The average molecular weight is 389 g/mol. The highest BCUT2D eigenvalue weighted by Gasteiger charge is 2.21. The zero-order chi connectivity index (χ0) is 19.8. The van der Waals surface area contributed by atoms with E-state index in [2.05, 4.69) is 10.2 Å². The van der Waals surface area contributed by atoms with Gasteiger partial charge >= 0.3 is 0 Å². The lowest BCUT2D eigenvalue weighted by Gasteiger charge is -2.28. The summed E-state index contributed by atoms with van der Waals surface area (Å²) in [7, 11) is 1.71. The van der Waals surface area contributed by atoms with Crippen LogP contribution in [0.3, 0.4) is 0 Å². The van der Waals surface area contributed by atoms with Gasteiger partial charge in [-0.15, -0.1) is 0 Å². The van der Waals surface area contributed by atoms with Crippen LogP contribution in [0.25, 0.3) is 0 Å². The Hall–Kier alpha value is -1.59. The predicted molar refractivity (Wildman–Crippen MR) is 113 cm³/mol. The highest BCUT2D eigenvalue weighted by molar-refractivity contribution is 5.95. The van der Waals surface area contributed by atoms with Crippen molar-refractivity contribution in [3.63, 3.8) is 0 Å². The van der Waals surface area contributed by atoms with E-state index >= 15 is 0 Å². The van der Waals surface area contributed by atoms with Gasteiger partial charge in [0.2, 0.25) is 0 Å². The van der Waals surface area contributed by atoms with Crippen LogP contribution in [0.2, 0.25) is 0 Å². The summed E-state index contributed by atoms with van der Waals surface area (Å²) in [5, 5.41) is 13.9. The molecule has 1 aliphatic heterocycles. The Kier molecular flexibility index (Phi) is 8.16. The molecular formula is C23H36N2O3. The van der Waals surface area contributed by atoms with Crippen LogP contribution in [0.1, 0.15) is 79.8 Å². The van der Waals surface area contributed by atoms with Gasteiger partial charge in [-0.1, -0.05) is 32.1 Å². The first-order chi connectivity index (χ1) is 13.7. The quantitative estimate of drug-likeness (QED) is 0.772. The molecule has 1 aromatic rings. The summed E-state index contributed by atoms with van der Waals surface area (Å²) in [5.41, 5.74) is 2.57. The minimum absolute atomic E-state index is 0.0242. The molecule has 1 fully saturated rings. The minimum Gasteiger partial charge on any atom is -0.388 e. The lowest BCUT2D eigenvalue weighted by atomic mass is 9.89. The van der Waals surface area contributed by atoms with Gasteiger partial charge in [0, 0.05) is 43.6 Å². The molecule has 2 aliphatic rings. The maximum Gasteiger partial charge on any atom is 0.251 e. The van der Waals surface area contributed by atoms with E-state index in [-0.39, 0.29) is 5.91 Å². The molecule has 28 heavy (non-hydrogen) atoms. The molecule has 1 aliphatic carbocycles. The first-order valence-electron chi connectivity index (χ1n) is 11.0. The molecule has 0 bridgehead atoms. The topological polar surface area (TPSA) is 61.8 Å². The Bertz CT molecular complexity index is 628. The summed E-state index contributed by atoms with van der Waals surface area (Å²) in [6.07, 6.45) is 9.79. The Morgan fingerprint density at radius 1 is 1.14 bits per heavy atom. The maximum atomic E-state index is 12.7. The molecule has 1 unspecified atom stereocenters. The standard InChI is InChI=1S/C23H36N2O3/c1-28-15-14-25-13-7-3-6-10-22(26)20-16-19(11-12-21(20)25)23(27)24-17-18-8-4-2-5-9-18/h11-12,16,18,22,26H,2-10,13-15,17H2,1H3,(H,24,27). The largest absolute Gasteiger partial charge is 0.388 e. The number of amides is 1. The summed E-state index contributed by atoms with van der Waals surface area (Å²) < 4.78 is 5.27. The van der Waals surface area contributed by atoms with Crippen molar-refractivity contribution in [2.75, 3.05) is 38.3 Å². The third kappa shape index (κ3) is 5.71. The average Bonchev–Trinajstić information content (AvgIpc) is 2.80. The number of nitrogens with zero attached hydrogens (tertiary/aromatic N) is 1. The van der Waals surface area contributed by atoms with Gasteiger partial charge in [-0.05, 0) is 49.8 Å². The van der Waals surface area contributed by atoms with Crippen molar-refractivity contribution < 1.29 is 14.6 Å². The molecule has 3 rings (SSSR count). The van der Waals surface area contributed by atoms with Gasteiger partial charge < -0.3 is 20.1 Å². The van der Waals surface area contributed by atoms with Crippen LogP contribution in [0.4, 0.5) is 5.69 Å². The molecule has 0 radical (unpaired) electrons. The first-order valence-corrected chi connectivity index (χ1v) is 11.0. The smallest absolute Gasteiger partial charge is 0.251 e. The predicted octanol–water partition coefficient (Wildman–Crippen LogP) is 4.06. The molecule has 0 saturated heterocycles. The van der Waals surface area contributed by atoms with Crippen LogP contribution in [-0.4, -0.2) is 44.4 Å². The first kappa shape index (κ1) is 21.1. The Balaban J connectivity index is 1.74. The van der Waals surface area contributed by atoms with Crippen LogP contribution in [0.15, 0.2) is 18.2 Å². The number of methoxy groups -OCH3 is 1. The summed E-state index contributed by atoms with van der Waals surface area (Å²) in [6.45, 7) is 3.16. The molecule has 1 aromatic carbocycles. The molecule has 1 atom stereocenters. The number of hydrogen-bond acceptors (Lipinski definition) is 4. The number of aliphatic hydroxyl groups is 1. The molecule has 0 spiro atoms. The number of anilines is 1. The molecule has 5 heteroatoms. The number of benzene rings is 1. The third-order valence-electron chi connectivity index (χ3n) is 6.24. The van der Waals surface area contributed by atoms with E-state index in [9.17, 15) is 9.90 Å². The zero-order valence-corrected chi connectivity index (χ0v) is 17.3. The Morgan fingerprint density at radius 2 is 1.89 bits per heavy atom. The lowest BCUT2D eigenvalue weighted by molar-refractivity contribution is 0.0943. The maximum absolute atomic E-state index is 12.7. The lowest BCUT2D eigenvalue weighted by Crippen LogP contribution is -2.31. The zero-order valence-electron chi connectivity index (χ0n) is 17.3. The highest BCUT2D eigenvalue weighted by Crippen LogP contribution is 2.32. The number of carbonyl (C=O) groups is 1. The van der Waals surface area contributed by atoms with E-state index in [0.29, 0.717) is 18.1 Å². The SMILES string of the molecule is COCCN1CCCCCC(O)c2cc(C(=O)NCC3CCCCC3)ccc21. The van der Waals surface area contributed by atoms with Gasteiger partial charge in [-0.25, -0.2) is 0 Å². The van der Waals surface area contributed by atoms with E-state index < -0.39 is 6.10 Å². The van der Waals surface area contributed by atoms with Crippen molar-refractivity contribution in [2.24, 2.45) is 5.92 Å². The van der Waals surface area contributed by atoms with Crippen molar-refractivity contribution in [3.8, 4) is 0 Å². The van der Waals surface area contributed by atoms with E-state index in [4.69, 9.17) is 4.74 Å². The highest BCUT2D eigenvalue weighted by atomic mass is 16.5. The summed E-state index contributed by atoms with van der Waals surface area (Å²) in [6, 6.07) is 5.82. The Morgan fingerprint density at radius 3 is 2.68 bits per heavy atom. The number of aliphatic hydroxyl groups excluding tert-OH is 1. The van der Waals surface area contributed by atoms with Crippen molar-refractivity contribution in [1.82, 2.24) is 5.32 Å². The molecule has 1 heterocycles. The number of rotatable bonds is 6. The van der Waals surface area contributed by atoms with E-state index in [1.165, 1.54) is 32.1 Å². The van der Waals surface area contributed by atoms with Gasteiger partial charge in [0.1, 0.15) is 0 Å². The van der Waals surface area contributed by atoms with E-state index in [1.807, 2.05) is 18.2 Å². The number of hydrogen-bond donors (Lipinski definition) is 2. The van der Waals surface area contributed by atoms with Crippen molar-refractivity contribution >= 4 is 11.6 Å². The van der Waals surface area contributed by atoms with Gasteiger partial charge in [0.25, 0.3) is 5.91 Å². The van der Waals surface area contributed by atoms with Crippen LogP contribution in [-0.2, 0) is 4.74 Å². The molecule has 5 nitrogen and oxygen atoms in total. The fraction of sp³-hybridized carbons (Fsp3) is 0.696. The second kappa shape index (κ2) is 10.8. The molecular weight excluding hydrogens is 352 g/mol. The van der Waals surface area contributed by atoms with Crippen LogP contribution < -0.4 is 10.2 Å². The number of nitrogens with one attached hydrogen (secondary N) is 1. The number of ether oxygens (including phenoxy) is 1. The van der Waals surface area contributed by atoms with Gasteiger partial charge in [0.15, 0.2) is 0 Å². The fourth-order valence-corrected chi connectivity index (χ4v) is 4.51.